The van der Waals surface area contributed by atoms with Gasteiger partial charge in [-0.05, 0) is 74.5 Å². The predicted octanol–water partition coefficient (Wildman–Crippen LogP) is 4.13. The van der Waals surface area contributed by atoms with Gasteiger partial charge in [0.1, 0.15) is 0 Å². The Morgan fingerprint density at radius 1 is 1.32 bits per heavy atom. The number of thioether (sulfide) groups is 1. The largest absolute Gasteiger partial charge is 0.350 e. The molecular formula is C21H32N2OS. The molecule has 0 bridgehead atoms. The number of nitrogens with zero attached hydrogens (tertiary/aromatic N) is 1. The molecule has 1 aliphatic heterocycles. The highest BCUT2D eigenvalue weighted by atomic mass is 32.2. The molecule has 1 aromatic carbocycles. The zero-order valence-electron chi connectivity index (χ0n) is 15.9. The van der Waals surface area contributed by atoms with Crippen LogP contribution < -0.4 is 5.32 Å². The molecule has 0 saturated carbocycles. The Kier molecular flexibility index (Phi) is 6.11. The van der Waals surface area contributed by atoms with Crippen molar-refractivity contribution in [1.29, 1.82) is 0 Å². The zero-order chi connectivity index (χ0) is 17.9. The first kappa shape index (κ1) is 18.8. The highest BCUT2D eigenvalue weighted by molar-refractivity contribution is 7.99. The molecule has 1 amide bonds. The van der Waals surface area contributed by atoms with Gasteiger partial charge in [-0.1, -0.05) is 31.2 Å². The molecule has 1 aliphatic carbocycles. The Bertz CT molecular complexity index is 595. The first-order valence-corrected chi connectivity index (χ1v) is 10.9. The number of nitrogens with one attached hydrogen (secondary N) is 1. The smallest absolute Gasteiger partial charge is 0.217 e. The van der Waals surface area contributed by atoms with Gasteiger partial charge >= 0.3 is 0 Å². The molecule has 1 fully saturated rings. The maximum atomic E-state index is 11.6. The quantitative estimate of drug-likeness (QED) is 0.857. The Labute approximate surface area is 156 Å². The van der Waals surface area contributed by atoms with Gasteiger partial charge in [0.05, 0.1) is 6.04 Å². The van der Waals surface area contributed by atoms with Crippen LogP contribution in [0.4, 0.5) is 0 Å². The van der Waals surface area contributed by atoms with Gasteiger partial charge in [0.2, 0.25) is 5.91 Å². The Hall–Kier alpha value is -1.00. The van der Waals surface area contributed by atoms with Crippen LogP contribution in [0.25, 0.3) is 0 Å². The molecule has 1 unspecified atom stereocenters. The summed E-state index contributed by atoms with van der Waals surface area (Å²) in [5.74, 6) is 0.0773. The lowest BCUT2D eigenvalue weighted by Crippen LogP contribution is -2.46. The minimum atomic E-state index is 0.0773. The highest BCUT2D eigenvalue weighted by Gasteiger charge is 2.41. The van der Waals surface area contributed by atoms with Gasteiger partial charge in [-0.15, -0.1) is 0 Å². The summed E-state index contributed by atoms with van der Waals surface area (Å²) in [5.41, 5.74) is 3.18. The number of hydrogen-bond donors (Lipinski definition) is 1. The molecule has 1 saturated heterocycles. The zero-order valence-corrected chi connectivity index (χ0v) is 16.7. The number of piperidine rings is 1. The average Bonchev–Trinajstić information content (AvgIpc) is 2.63. The number of hydrogen-bond acceptors (Lipinski definition) is 3. The molecule has 0 aromatic heterocycles. The van der Waals surface area contributed by atoms with E-state index in [1.165, 1.54) is 56.4 Å². The van der Waals surface area contributed by atoms with Crippen molar-refractivity contribution in [1.82, 2.24) is 10.2 Å². The van der Waals surface area contributed by atoms with Gasteiger partial charge in [0.15, 0.2) is 0 Å². The monoisotopic (exact) mass is 360 g/mol. The van der Waals surface area contributed by atoms with Crippen LogP contribution in [0.5, 0.6) is 0 Å². The molecule has 1 N–H and O–H groups in total. The summed E-state index contributed by atoms with van der Waals surface area (Å²) in [4.78, 5) is 14.2. The van der Waals surface area contributed by atoms with Gasteiger partial charge in [-0.2, -0.15) is 11.8 Å². The van der Waals surface area contributed by atoms with E-state index < -0.39 is 0 Å². The summed E-state index contributed by atoms with van der Waals surface area (Å²) < 4.78 is 0. The third-order valence-corrected chi connectivity index (χ3v) is 7.30. The molecular weight excluding hydrogens is 328 g/mol. The summed E-state index contributed by atoms with van der Waals surface area (Å²) in [5, 5.41) is 3.91. The predicted molar refractivity (Wildman–Crippen MR) is 107 cm³/mol. The minimum Gasteiger partial charge on any atom is -0.350 e. The minimum absolute atomic E-state index is 0.0773. The SMILES string of the molecule is CSC(C)CCN1CCC2(CC[C@H](NC(C)=O)c3ccccc32)CC1. The van der Waals surface area contributed by atoms with Gasteiger partial charge in [0.25, 0.3) is 0 Å². The van der Waals surface area contributed by atoms with Crippen LogP contribution in [0.2, 0.25) is 0 Å². The number of benzene rings is 1. The first-order chi connectivity index (χ1) is 12.0. The maximum Gasteiger partial charge on any atom is 0.217 e. The van der Waals surface area contributed by atoms with Crippen LogP contribution in [0.3, 0.4) is 0 Å². The van der Waals surface area contributed by atoms with E-state index in [1.807, 2.05) is 11.8 Å². The Morgan fingerprint density at radius 3 is 2.72 bits per heavy atom. The molecule has 2 aliphatic rings. The highest BCUT2D eigenvalue weighted by Crippen LogP contribution is 2.47. The molecule has 3 nitrogen and oxygen atoms in total. The van der Waals surface area contributed by atoms with E-state index in [1.54, 1.807) is 6.92 Å². The van der Waals surface area contributed by atoms with Crippen molar-refractivity contribution in [2.75, 3.05) is 25.9 Å². The van der Waals surface area contributed by atoms with Gasteiger partial charge < -0.3 is 10.2 Å². The Morgan fingerprint density at radius 2 is 2.04 bits per heavy atom. The van der Waals surface area contributed by atoms with E-state index in [-0.39, 0.29) is 11.9 Å². The summed E-state index contributed by atoms with van der Waals surface area (Å²) in [6.07, 6.45) is 8.27. The van der Waals surface area contributed by atoms with Crippen molar-refractivity contribution in [3.63, 3.8) is 0 Å². The van der Waals surface area contributed by atoms with Crippen LogP contribution in [0, 0.1) is 0 Å². The normalized spacial score (nSPS) is 23.9. The van der Waals surface area contributed by atoms with Gasteiger partial charge in [-0.3, -0.25) is 4.79 Å². The summed E-state index contributed by atoms with van der Waals surface area (Å²) in [7, 11) is 0. The van der Waals surface area contributed by atoms with Crippen molar-refractivity contribution in [2.45, 2.75) is 62.7 Å². The van der Waals surface area contributed by atoms with E-state index >= 15 is 0 Å². The van der Waals surface area contributed by atoms with Crippen LogP contribution in [0.1, 0.15) is 63.1 Å². The lowest BCUT2D eigenvalue weighted by molar-refractivity contribution is -0.119. The second-order valence-corrected chi connectivity index (χ2v) is 9.11. The molecule has 0 radical (unpaired) electrons. The van der Waals surface area contributed by atoms with E-state index in [4.69, 9.17) is 0 Å². The van der Waals surface area contributed by atoms with E-state index in [0.717, 1.165) is 11.7 Å². The summed E-state index contributed by atoms with van der Waals surface area (Å²) in [6, 6.07) is 9.02. The standard InChI is InChI=1S/C21H32N2OS/c1-16(25-3)9-13-23-14-11-21(12-15-23)10-8-20(22-17(2)24)18-6-4-5-7-19(18)21/h4-7,16,20H,8-15H2,1-3H3,(H,22,24)/t16?,20-/m0/s1. The number of rotatable bonds is 5. The molecule has 138 valence electrons. The number of carbonyl (C=O) groups is 1. The average molecular weight is 361 g/mol. The van der Waals surface area contributed by atoms with Crippen molar-refractivity contribution in [3.8, 4) is 0 Å². The van der Waals surface area contributed by atoms with Crippen LogP contribution >= 0.6 is 11.8 Å². The maximum absolute atomic E-state index is 11.6. The van der Waals surface area contributed by atoms with Crippen molar-refractivity contribution < 1.29 is 4.79 Å². The van der Waals surface area contributed by atoms with E-state index in [9.17, 15) is 4.79 Å². The van der Waals surface area contributed by atoms with Crippen LogP contribution in [0.15, 0.2) is 24.3 Å². The molecule has 1 aromatic rings. The summed E-state index contributed by atoms with van der Waals surface area (Å²) >= 11 is 1.97. The molecule has 3 rings (SSSR count). The number of carbonyl (C=O) groups excluding carboxylic acids is 1. The van der Waals surface area contributed by atoms with Crippen molar-refractivity contribution in [3.05, 3.63) is 35.4 Å². The van der Waals surface area contributed by atoms with Crippen LogP contribution in [-0.4, -0.2) is 41.9 Å². The molecule has 1 heterocycles. The van der Waals surface area contributed by atoms with Gasteiger partial charge in [-0.25, -0.2) is 0 Å². The van der Waals surface area contributed by atoms with Crippen molar-refractivity contribution >= 4 is 17.7 Å². The number of amides is 1. The van der Waals surface area contributed by atoms with Crippen molar-refractivity contribution in [2.24, 2.45) is 0 Å². The topological polar surface area (TPSA) is 32.3 Å². The lowest BCUT2D eigenvalue weighted by Gasteiger charge is -2.47. The molecule has 25 heavy (non-hydrogen) atoms. The number of likely N-dealkylation sites (tertiary alicyclic amines) is 1. The molecule has 4 heteroatoms. The fourth-order valence-corrected chi connectivity index (χ4v) is 4.94. The third-order valence-electron chi connectivity index (χ3n) is 6.26. The third kappa shape index (κ3) is 4.22. The fourth-order valence-electron chi connectivity index (χ4n) is 4.60. The number of fused-ring (bicyclic) bond motifs is 2. The Balaban J connectivity index is 1.70. The van der Waals surface area contributed by atoms with E-state index in [2.05, 4.69) is 47.7 Å². The summed E-state index contributed by atoms with van der Waals surface area (Å²) in [6.45, 7) is 7.60. The fraction of sp³-hybridized carbons (Fsp3) is 0.667. The van der Waals surface area contributed by atoms with E-state index in [0.29, 0.717) is 5.41 Å². The first-order valence-electron chi connectivity index (χ1n) is 9.66. The molecule has 2 atom stereocenters. The lowest BCUT2D eigenvalue weighted by atomic mass is 9.63. The van der Waals surface area contributed by atoms with Gasteiger partial charge in [0, 0.05) is 12.2 Å². The molecule has 1 spiro atoms. The second-order valence-electron chi connectivity index (χ2n) is 7.84. The van der Waals surface area contributed by atoms with Crippen LogP contribution in [-0.2, 0) is 10.2 Å². The second kappa shape index (κ2) is 8.13.